The van der Waals surface area contributed by atoms with Crippen LogP contribution in [0, 0.1) is 0 Å². The summed E-state index contributed by atoms with van der Waals surface area (Å²) >= 11 is 0. The highest BCUT2D eigenvalue weighted by Crippen LogP contribution is 2.31. The number of nitrogens with zero attached hydrogens (tertiary/aromatic N) is 1. The van der Waals surface area contributed by atoms with Crippen LogP contribution in [0.15, 0.2) is 0 Å². The van der Waals surface area contributed by atoms with E-state index in [9.17, 15) is 4.79 Å². The van der Waals surface area contributed by atoms with Crippen molar-refractivity contribution in [2.24, 2.45) is 0 Å². The first-order chi connectivity index (χ1) is 9.14. The average molecular weight is 304 g/mol. The van der Waals surface area contributed by atoms with Crippen LogP contribution in [-0.2, 0) is 4.79 Å². The van der Waals surface area contributed by atoms with Crippen LogP contribution in [0.5, 0.6) is 0 Å². The fraction of sp³-hybridized carbons (Fsp3) is 0.933. The Balaban J connectivity index is 0.00000200. The maximum absolute atomic E-state index is 12.2. The molecule has 0 aromatic heterocycles. The Morgan fingerprint density at radius 3 is 2.45 bits per heavy atom. The van der Waals surface area contributed by atoms with Crippen molar-refractivity contribution in [1.29, 1.82) is 0 Å². The molecule has 1 aliphatic heterocycles. The van der Waals surface area contributed by atoms with Crippen molar-refractivity contribution in [3.63, 3.8) is 0 Å². The number of nitrogens with one attached hydrogen (secondary N) is 2. The van der Waals surface area contributed by atoms with Crippen LogP contribution in [0.3, 0.4) is 0 Å². The average Bonchev–Trinajstić information content (AvgIpc) is 2.46. The third-order valence-corrected chi connectivity index (χ3v) is 4.95. The van der Waals surface area contributed by atoms with Crippen molar-refractivity contribution < 1.29 is 4.79 Å². The summed E-state index contributed by atoms with van der Waals surface area (Å²) in [7, 11) is 4.30. The molecule has 2 fully saturated rings. The van der Waals surface area contributed by atoms with Gasteiger partial charge in [-0.05, 0) is 46.3 Å². The van der Waals surface area contributed by atoms with Crippen LogP contribution in [0.25, 0.3) is 0 Å². The van der Waals surface area contributed by atoms with Gasteiger partial charge in [-0.2, -0.15) is 0 Å². The fourth-order valence-corrected chi connectivity index (χ4v) is 3.44. The van der Waals surface area contributed by atoms with Gasteiger partial charge >= 0.3 is 0 Å². The van der Waals surface area contributed by atoms with Gasteiger partial charge in [0.25, 0.3) is 0 Å². The topological polar surface area (TPSA) is 44.4 Å². The molecule has 0 aromatic rings. The molecule has 4 nitrogen and oxygen atoms in total. The molecule has 0 unspecified atom stereocenters. The molecule has 1 heterocycles. The predicted octanol–water partition coefficient (Wildman–Crippen LogP) is 1.93. The quantitative estimate of drug-likeness (QED) is 0.834. The minimum absolute atomic E-state index is 0. The number of likely N-dealkylation sites (N-methyl/N-ethyl adjacent to an activating group) is 1. The van der Waals surface area contributed by atoms with Gasteiger partial charge in [0.15, 0.2) is 0 Å². The maximum Gasteiger partial charge on any atom is 0.237 e. The molecule has 5 heteroatoms. The Morgan fingerprint density at radius 1 is 1.20 bits per heavy atom. The number of hydrogen-bond donors (Lipinski definition) is 2. The molecule has 0 bridgehead atoms. The molecular weight excluding hydrogens is 274 g/mol. The zero-order valence-corrected chi connectivity index (χ0v) is 13.7. The lowest BCUT2D eigenvalue weighted by molar-refractivity contribution is -0.124. The van der Waals surface area contributed by atoms with Crippen LogP contribution in [0.4, 0.5) is 0 Å². The van der Waals surface area contributed by atoms with E-state index in [1.807, 2.05) is 0 Å². The number of carbonyl (C=O) groups is 1. The summed E-state index contributed by atoms with van der Waals surface area (Å²) in [5, 5.41) is 6.52. The lowest BCUT2D eigenvalue weighted by Crippen LogP contribution is -2.56. The zero-order valence-electron chi connectivity index (χ0n) is 12.9. The first kappa shape index (κ1) is 17.7. The van der Waals surface area contributed by atoms with Crippen LogP contribution < -0.4 is 10.6 Å². The van der Waals surface area contributed by atoms with Gasteiger partial charge in [0.1, 0.15) is 0 Å². The standard InChI is InChI=1S/C15H29N3O.ClH/c1-18(2)15(9-5-3-6-10-15)12-17-14(19)13-8-4-7-11-16-13;/h13,16H,3-12H2,1-2H3,(H,17,19);1H/t13-;/m0./s1. The molecule has 0 aromatic carbocycles. The molecule has 118 valence electrons. The van der Waals surface area contributed by atoms with Crippen LogP contribution >= 0.6 is 12.4 Å². The summed E-state index contributed by atoms with van der Waals surface area (Å²) in [6, 6.07) is 0.0385. The van der Waals surface area contributed by atoms with Gasteiger partial charge in [-0.1, -0.05) is 25.7 Å². The number of rotatable bonds is 4. The van der Waals surface area contributed by atoms with Gasteiger partial charge in [-0.3, -0.25) is 4.79 Å². The molecule has 1 saturated heterocycles. The summed E-state index contributed by atoms with van der Waals surface area (Å²) in [4.78, 5) is 14.5. The highest BCUT2D eigenvalue weighted by Gasteiger charge is 2.35. The van der Waals surface area contributed by atoms with Crippen molar-refractivity contribution >= 4 is 18.3 Å². The highest BCUT2D eigenvalue weighted by atomic mass is 35.5. The van der Waals surface area contributed by atoms with Crippen LogP contribution in [0.2, 0.25) is 0 Å². The molecule has 1 saturated carbocycles. The predicted molar refractivity (Wildman–Crippen MR) is 85.4 cm³/mol. The van der Waals surface area contributed by atoms with Gasteiger partial charge in [0, 0.05) is 12.1 Å². The van der Waals surface area contributed by atoms with Gasteiger partial charge in [0.05, 0.1) is 6.04 Å². The minimum Gasteiger partial charge on any atom is -0.353 e. The van der Waals surface area contributed by atoms with E-state index in [4.69, 9.17) is 0 Å². The van der Waals surface area contributed by atoms with E-state index in [2.05, 4.69) is 29.6 Å². The molecule has 0 spiro atoms. The summed E-state index contributed by atoms with van der Waals surface area (Å²) in [6.07, 6.45) is 9.69. The number of amides is 1. The van der Waals surface area contributed by atoms with E-state index in [0.29, 0.717) is 0 Å². The lowest BCUT2D eigenvalue weighted by atomic mass is 9.80. The number of hydrogen-bond acceptors (Lipinski definition) is 3. The van der Waals surface area contributed by atoms with E-state index in [1.54, 1.807) is 0 Å². The monoisotopic (exact) mass is 303 g/mol. The molecule has 2 N–H and O–H groups in total. The molecule has 2 aliphatic rings. The number of carbonyl (C=O) groups excluding carboxylic acids is 1. The van der Waals surface area contributed by atoms with Gasteiger partial charge in [-0.15, -0.1) is 12.4 Å². The summed E-state index contributed by atoms with van der Waals surface area (Å²) in [5.74, 6) is 0.200. The van der Waals surface area contributed by atoms with Crippen LogP contribution in [0.1, 0.15) is 51.4 Å². The third-order valence-electron chi connectivity index (χ3n) is 4.95. The first-order valence-corrected chi connectivity index (χ1v) is 7.83. The summed E-state index contributed by atoms with van der Waals surface area (Å²) in [5.41, 5.74) is 0.183. The molecular formula is C15H30ClN3O. The molecule has 0 radical (unpaired) electrons. The van der Waals surface area contributed by atoms with E-state index < -0.39 is 0 Å². The van der Waals surface area contributed by atoms with E-state index in [1.165, 1.54) is 44.9 Å². The minimum atomic E-state index is 0. The Bertz CT molecular complexity index is 297. The van der Waals surface area contributed by atoms with Gasteiger partial charge < -0.3 is 15.5 Å². The van der Waals surface area contributed by atoms with Crippen molar-refractivity contribution in [3.8, 4) is 0 Å². The normalized spacial score (nSPS) is 25.9. The summed E-state index contributed by atoms with van der Waals surface area (Å²) < 4.78 is 0. The Hall–Kier alpha value is -0.320. The molecule has 2 rings (SSSR count). The molecule has 1 amide bonds. The smallest absolute Gasteiger partial charge is 0.237 e. The Labute approximate surface area is 129 Å². The maximum atomic E-state index is 12.2. The molecule has 1 aliphatic carbocycles. The van der Waals surface area contributed by atoms with Gasteiger partial charge in [0.2, 0.25) is 5.91 Å². The SMILES string of the molecule is CN(C)C1(CNC(=O)[C@@H]2CCCCN2)CCCCC1.Cl. The van der Waals surface area contributed by atoms with Crippen molar-refractivity contribution in [2.75, 3.05) is 27.2 Å². The summed E-state index contributed by atoms with van der Waals surface area (Å²) in [6.45, 7) is 1.79. The third kappa shape index (κ3) is 4.34. The fourth-order valence-electron chi connectivity index (χ4n) is 3.44. The number of halogens is 1. The Kier molecular flexibility index (Phi) is 7.27. The largest absolute Gasteiger partial charge is 0.353 e. The zero-order chi connectivity index (χ0) is 13.7. The highest BCUT2D eigenvalue weighted by molar-refractivity contribution is 5.85. The molecule has 1 atom stereocenters. The van der Waals surface area contributed by atoms with E-state index in [0.717, 1.165) is 19.5 Å². The van der Waals surface area contributed by atoms with Crippen LogP contribution in [-0.4, -0.2) is 49.6 Å². The second kappa shape index (κ2) is 8.20. The van der Waals surface area contributed by atoms with E-state index in [-0.39, 0.29) is 29.9 Å². The molecule has 20 heavy (non-hydrogen) atoms. The first-order valence-electron chi connectivity index (χ1n) is 7.83. The lowest BCUT2D eigenvalue weighted by Gasteiger charge is -2.43. The Morgan fingerprint density at radius 2 is 1.90 bits per heavy atom. The van der Waals surface area contributed by atoms with Crippen molar-refractivity contribution in [1.82, 2.24) is 15.5 Å². The number of piperidine rings is 1. The van der Waals surface area contributed by atoms with Crippen molar-refractivity contribution in [3.05, 3.63) is 0 Å². The second-order valence-corrected chi connectivity index (χ2v) is 6.40. The second-order valence-electron chi connectivity index (χ2n) is 6.40. The van der Waals surface area contributed by atoms with Crippen molar-refractivity contribution in [2.45, 2.75) is 62.9 Å². The van der Waals surface area contributed by atoms with Gasteiger partial charge in [-0.25, -0.2) is 0 Å². The van der Waals surface area contributed by atoms with E-state index >= 15 is 0 Å².